The maximum Gasteiger partial charge on any atom is 0.364 e. The highest BCUT2D eigenvalue weighted by atomic mass is 35.5. The summed E-state index contributed by atoms with van der Waals surface area (Å²) in [4.78, 5) is 0. The normalized spacial score (nSPS) is 16.1. The molecule has 0 aliphatic rings. The van der Waals surface area contributed by atoms with Gasteiger partial charge in [-0.15, -0.1) is 11.6 Å². The van der Waals surface area contributed by atoms with E-state index in [1.807, 2.05) is 0 Å². The maximum atomic E-state index is 12.3. The molecular weight excluding hydrogens is 221 g/mol. The Hall–Kier alpha value is -0.0100. The number of hydrogen-bond donors (Lipinski definition) is 0. The number of halogens is 4. The van der Waals surface area contributed by atoms with Gasteiger partial charge in [0.05, 0.1) is 0 Å². The Morgan fingerprint density at radius 1 is 1.50 bits per heavy atom. The minimum absolute atomic E-state index is 0.480. The molecule has 0 heterocycles. The predicted octanol–water partition coefficient (Wildman–Crippen LogP) is 1.09. The summed E-state index contributed by atoms with van der Waals surface area (Å²) in [5, 5.41) is -4.89. The molecule has 0 bridgehead atoms. The summed E-state index contributed by atoms with van der Waals surface area (Å²) in [6.07, 6.45) is -3.92. The van der Waals surface area contributed by atoms with E-state index in [1.165, 1.54) is 0 Å². The lowest BCUT2D eigenvalue weighted by molar-refractivity contribution is -0.00429. The van der Waals surface area contributed by atoms with Gasteiger partial charge in [0.2, 0.25) is 0 Å². The smallest absolute Gasteiger partial charge is 0.364 e. The highest BCUT2D eigenvalue weighted by Gasteiger charge is 2.46. The van der Waals surface area contributed by atoms with Crippen molar-refractivity contribution >= 4 is 21.7 Å². The standard InChI is InChI=1S/C4H6ClF3O3S/c5-2-1-3(6)4(7,8)12(9,10)11/h3H,1-2H2,(H,9,10,11)/p-1. The average Bonchev–Trinajstić information content (AvgIpc) is 1.85. The molecule has 74 valence electrons. The molecule has 0 aliphatic heterocycles. The van der Waals surface area contributed by atoms with Crippen molar-refractivity contribution in [3.05, 3.63) is 0 Å². The summed E-state index contributed by atoms with van der Waals surface area (Å²) in [6.45, 7) is 0. The number of hydrogen-bond acceptors (Lipinski definition) is 3. The van der Waals surface area contributed by atoms with E-state index in [0.717, 1.165) is 0 Å². The highest BCUT2D eigenvalue weighted by molar-refractivity contribution is 7.86. The van der Waals surface area contributed by atoms with Gasteiger partial charge in [0.15, 0.2) is 16.3 Å². The summed E-state index contributed by atoms with van der Waals surface area (Å²) in [5.74, 6) is -0.480. The van der Waals surface area contributed by atoms with Crippen molar-refractivity contribution in [2.45, 2.75) is 17.8 Å². The molecule has 0 spiro atoms. The molecule has 12 heavy (non-hydrogen) atoms. The van der Waals surface area contributed by atoms with Crippen molar-refractivity contribution in [1.29, 1.82) is 0 Å². The van der Waals surface area contributed by atoms with Crippen LogP contribution >= 0.6 is 11.6 Å². The fourth-order valence-corrected chi connectivity index (χ4v) is 1.04. The highest BCUT2D eigenvalue weighted by Crippen LogP contribution is 2.29. The van der Waals surface area contributed by atoms with Gasteiger partial charge in [0.25, 0.3) is 0 Å². The van der Waals surface area contributed by atoms with Gasteiger partial charge in [-0.25, -0.2) is 12.8 Å². The van der Waals surface area contributed by atoms with Crippen LogP contribution in [0.2, 0.25) is 0 Å². The second kappa shape index (κ2) is 3.80. The Bertz CT molecular complexity index is 240. The monoisotopic (exact) mass is 225 g/mol. The van der Waals surface area contributed by atoms with E-state index >= 15 is 0 Å². The van der Waals surface area contributed by atoms with Crippen molar-refractivity contribution < 1.29 is 26.1 Å². The molecule has 0 N–H and O–H groups in total. The molecule has 0 rings (SSSR count). The maximum absolute atomic E-state index is 12.3. The first-order valence-corrected chi connectivity index (χ1v) is 4.71. The van der Waals surface area contributed by atoms with Crippen molar-refractivity contribution in [3.8, 4) is 0 Å². The van der Waals surface area contributed by atoms with Gasteiger partial charge in [-0.2, -0.15) is 8.78 Å². The molecule has 0 aromatic heterocycles. The molecular formula is C4H5ClF3O3S-. The van der Waals surface area contributed by atoms with Gasteiger partial charge in [0, 0.05) is 5.88 Å². The molecule has 0 saturated heterocycles. The molecule has 0 aromatic rings. The van der Waals surface area contributed by atoms with Crippen molar-refractivity contribution in [1.82, 2.24) is 0 Å². The van der Waals surface area contributed by atoms with Crippen molar-refractivity contribution in [3.63, 3.8) is 0 Å². The number of alkyl halides is 4. The third kappa shape index (κ3) is 2.49. The third-order valence-electron chi connectivity index (χ3n) is 1.06. The first-order chi connectivity index (χ1) is 5.23. The fraction of sp³-hybridized carbons (Fsp3) is 1.00. The molecule has 0 aliphatic carbocycles. The zero-order valence-corrected chi connectivity index (χ0v) is 7.21. The Kier molecular flexibility index (Phi) is 3.80. The number of rotatable bonds is 4. The van der Waals surface area contributed by atoms with Crippen molar-refractivity contribution in [2.75, 3.05) is 5.88 Å². The van der Waals surface area contributed by atoms with Crippen LogP contribution in [0.25, 0.3) is 0 Å². The van der Waals surface area contributed by atoms with Crippen LogP contribution in [0.3, 0.4) is 0 Å². The van der Waals surface area contributed by atoms with Gasteiger partial charge < -0.3 is 4.55 Å². The third-order valence-corrected chi connectivity index (χ3v) is 2.20. The summed E-state index contributed by atoms with van der Waals surface area (Å²) >= 11 is 4.88. The fourth-order valence-electron chi connectivity index (χ4n) is 0.420. The van der Waals surface area contributed by atoms with Crippen molar-refractivity contribution in [2.24, 2.45) is 0 Å². The van der Waals surface area contributed by atoms with E-state index in [0.29, 0.717) is 0 Å². The second-order valence-corrected chi connectivity index (χ2v) is 3.79. The predicted molar refractivity (Wildman–Crippen MR) is 34.9 cm³/mol. The lowest BCUT2D eigenvalue weighted by atomic mass is 10.3. The van der Waals surface area contributed by atoms with Crippen LogP contribution in [0.5, 0.6) is 0 Å². The Balaban J connectivity index is 4.62. The molecule has 0 fully saturated rings. The van der Waals surface area contributed by atoms with E-state index in [2.05, 4.69) is 0 Å². The lowest BCUT2D eigenvalue weighted by Gasteiger charge is -2.22. The molecule has 0 aromatic carbocycles. The summed E-state index contributed by atoms with van der Waals surface area (Å²) in [5.41, 5.74) is 0. The van der Waals surface area contributed by atoms with E-state index < -0.39 is 33.8 Å². The van der Waals surface area contributed by atoms with E-state index in [-0.39, 0.29) is 0 Å². The first-order valence-electron chi connectivity index (χ1n) is 2.76. The van der Waals surface area contributed by atoms with E-state index in [4.69, 9.17) is 11.6 Å². The van der Waals surface area contributed by atoms with E-state index in [1.54, 1.807) is 0 Å². The SMILES string of the molecule is O=S(=O)([O-])C(F)(F)C(F)CCCl. The first kappa shape index (κ1) is 12.0. The van der Waals surface area contributed by atoms with Crippen LogP contribution in [0.15, 0.2) is 0 Å². The average molecular weight is 226 g/mol. The minimum atomic E-state index is -5.94. The van der Waals surface area contributed by atoms with Gasteiger partial charge in [-0.3, -0.25) is 0 Å². The van der Waals surface area contributed by atoms with Gasteiger partial charge in [0.1, 0.15) is 0 Å². The van der Waals surface area contributed by atoms with Crippen LogP contribution in [0, 0.1) is 0 Å². The zero-order valence-electron chi connectivity index (χ0n) is 5.64. The second-order valence-electron chi connectivity index (χ2n) is 1.96. The molecule has 0 radical (unpaired) electrons. The molecule has 0 saturated carbocycles. The minimum Gasteiger partial charge on any atom is -0.743 e. The molecule has 3 nitrogen and oxygen atoms in total. The lowest BCUT2D eigenvalue weighted by Crippen LogP contribution is -2.38. The summed E-state index contributed by atoms with van der Waals surface area (Å²) < 4.78 is 66.0. The van der Waals surface area contributed by atoms with E-state index in [9.17, 15) is 26.1 Å². The Morgan fingerprint density at radius 2 is 1.92 bits per heavy atom. The Labute approximate surface area is 72.3 Å². The Morgan fingerprint density at radius 3 is 2.17 bits per heavy atom. The van der Waals surface area contributed by atoms with Crippen LogP contribution in [0.1, 0.15) is 6.42 Å². The van der Waals surface area contributed by atoms with Gasteiger partial charge >= 0.3 is 5.25 Å². The van der Waals surface area contributed by atoms with Gasteiger partial charge in [-0.1, -0.05) is 0 Å². The van der Waals surface area contributed by atoms with Crippen LogP contribution in [-0.2, 0) is 10.1 Å². The molecule has 0 amide bonds. The molecule has 1 atom stereocenters. The van der Waals surface area contributed by atoms with Crippen LogP contribution in [0.4, 0.5) is 13.2 Å². The van der Waals surface area contributed by atoms with Crippen LogP contribution < -0.4 is 0 Å². The zero-order chi connectivity index (χ0) is 9.99. The topological polar surface area (TPSA) is 57.2 Å². The largest absolute Gasteiger partial charge is 0.743 e. The summed E-state index contributed by atoms with van der Waals surface area (Å²) in [7, 11) is -5.94. The molecule has 8 heteroatoms. The summed E-state index contributed by atoms with van der Waals surface area (Å²) in [6, 6.07) is 0. The van der Waals surface area contributed by atoms with Gasteiger partial charge in [-0.05, 0) is 6.42 Å². The van der Waals surface area contributed by atoms with Crippen LogP contribution in [-0.4, -0.2) is 30.3 Å². The molecule has 1 unspecified atom stereocenters. The quantitative estimate of drug-likeness (QED) is 0.532.